The molecular weight excluding hydrogens is 352 g/mol. The number of benzene rings is 3. The van der Waals surface area contributed by atoms with Crippen LogP contribution in [0.1, 0.15) is 27.6 Å². The van der Waals surface area contributed by atoms with Crippen LogP contribution in [0.5, 0.6) is 0 Å². The third-order valence-electron chi connectivity index (χ3n) is 4.65. The van der Waals surface area contributed by atoms with E-state index < -0.39 is 12.0 Å². The molecule has 3 N–H and O–H groups in total. The van der Waals surface area contributed by atoms with E-state index in [4.69, 9.17) is 0 Å². The standard InChI is InChI=1S/C23H18N2O3/c26-21(15-8-2-1-3-9-15)17-11-5-7-13-20(17)25-23(28)18-14-24-19-12-6-4-10-16(19)22(18)27/h1-14,21,26H,(H,24,27)(H,25,28)/t21-/m0/s1. The second kappa shape index (κ2) is 7.50. The molecule has 0 bridgehead atoms. The Kier molecular flexibility index (Phi) is 4.74. The van der Waals surface area contributed by atoms with Gasteiger partial charge in [0, 0.05) is 28.4 Å². The number of para-hydroxylation sites is 2. The van der Waals surface area contributed by atoms with E-state index in [-0.39, 0.29) is 11.0 Å². The van der Waals surface area contributed by atoms with E-state index in [9.17, 15) is 14.7 Å². The second-order valence-corrected chi connectivity index (χ2v) is 6.43. The SMILES string of the molecule is O=C(Nc1ccccc1[C@@H](O)c1ccccc1)c1c[nH]c2ccccc2c1=O. The zero-order chi connectivity index (χ0) is 19.5. The van der Waals surface area contributed by atoms with Gasteiger partial charge in [-0.1, -0.05) is 60.7 Å². The molecule has 5 nitrogen and oxygen atoms in total. The van der Waals surface area contributed by atoms with Crippen molar-refractivity contribution in [3.63, 3.8) is 0 Å². The van der Waals surface area contributed by atoms with Crippen molar-refractivity contribution in [2.45, 2.75) is 6.10 Å². The van der Waals surface area contributed by atoms with Gasteiger partial charge in [-0.25, -0.2) is 0 Å². The molecule has 3 aromatic carbocycles. The molecule has 0 aliphatic heterocycles. The van der Waals surface area contributed by atoms with Crippen LogP contribution in [0.2, 0.25) is 0 Å². The van der Waals surface area contributed by atoms with Crippen LogP contribution in [0.4, 0.5) is 5.69 Å². The van der Waals surface area contributed by atoms with E-state index in [2.05, 4.69) is 10.3 Å². The monoisotopic (exact) mass is 370 g/mol. The molecule has 138 valence electrons. The summed E-state index contributed by atoms with van der Waals surface area (Å²) in [6.07, 6.45) is 0.517. The highest BCUT2D eigenvalue weighted by Crippen LogP contribution is 2.28. The van der Waals surface area contributed by atoms with Crippen molar-refractivity contribution in [2.75, 3.05) is 5.32 Å². The minimum absolute atomic E-state index is 0.0164. The second-order valence-electron chi connectivity index (χ2n) is 6.43. The number of carbonyl (C=O) groups excluding carboxylic acids is 1. The maximum absolute atomic E-state index is 12.8. The summed E-state index contributed by atoms with van der Waals surface area (Å²) in [7, 11) is 0. The average molecular weight is 370 g/mol. The largest absolute Gasteiger partial charge is 0.384 e. The smallest absolute Gasteiger partial charge is 0.261 e. The number of H-pyrrole nitrogens is 1. The molecule has 0 spiro atoms. The lowest BCUT2D eigenvalue weighted by atomic mass is 10.00. The van der Waals surface area contributed by atoms with Gasteiger partial charge in [-0.3, -0.25) is 9.59 Å². The molecule has 1 aromatic heterocycles. The lowest BCUT2D eigenvalue weighted by Gasteiger charge is -2.16. The highest BCUT2D eigenvalue weighted by Gasteiger charge is 2.18. The number of fused-ring (bicyclic) bond motifs is 1. The fraction of sp³-hybridized carbons (Fsp3) is 0.0435. The Morgan fingerprint density at radius 2 is 1.57 bits per heavy atom. The summed E-state index contributed by atoms with van der Waals surface area (Å²) in [5.41, 5.74) is 2.07. The van der Waals surface area contributed by atoms with Gasteiger partial charge in [0.05, 0.1) is 0 Å². The highest BCUT2D eigenvalue weighted by molar-refractivity contribution is 6.06. The zero-order valence-electron chi connectivity index (χ0n) is 14.9. The molecular formula is C23H18N2O3. The number of anilines is 1. The van der Waals surface area contributed by atoms with Crippen LogP contribution in [0, 0.1) is 0 Å². The Hall–Kier alpha value is -3.70. The van der Waals surface area contributed by atoms with E-state index >= 15 is 0 Å². The predicted octanol–water partition coefficient (Wildman–Crippen LogP) is 3.86. The first-order valence-electron chi connectivity index (χ1n) is 8.89. The number of aliphatic hydroxyl groups excluding tert-OH is 1. The molecule has 1 heterocycles. The van der Waals surface area contributed by atoms with Gasteiger partial charge in [0.15, 0.2) is 0 Å². The molecule has 0 aliphatic rings. The van der Waals surface area contributed by atoms with Crippen molar-refractivity contribution in [3.05, 3.63) is 112 Å². The summed E-state index contributed by atoms with van der Waals surface area (Å²) in [5, 5.41) is 13.9. The Balaban J connectivity index is 1.68. The van der Waals surface area contributed by atoms with Gasteiger partial charge in [0.2, 0.25) is 5.43 Å². The summed E-state index contributed by atoms with van der Waals surface area (Å²) in [4.78, 5) is 28.4. The van der Waals surface area contributed by atoms with Crippen LogP contribution in [-0.2, 0) is 0 Å². The Bertz CT molecular complexity index is 1200. The zero-order valence-corrected chi connectivity index (χ0v) is 14.9. The first-order chi connectivity index (χ1) is 13.6. The van der Waals surface area contributed by atoms with Crippen LogP contribution >= 0.6 is 0 Å². The molecule has 0 saturated heterocycles. The van der Waals surface area contributed by atoms with Crippen LogP contribution in [-0.4, -0.2) is 16.0 Å². The number of aliphatic hydroxyl groups is 1. The molecule has 4 aromatic rings. The normalized spacial score (nSPS) is 11.9. The highest BCUT2D eigenvalue weighted by atomic mass is 16.3. The summed E-state index contributed by atoms with van der Waals surface area (Å²) >= 11 is 0. The van der Waals surface area contributed by atoms with E-state index in [1.807, 2.05) is 36.4 Å². The summed E-state index contributed by atoms with van der Waals surface area (Å²) in [5.74, 6) is -0.528. The minimum Gasteiger partial charge on any atom is -0.384 e. The Morgan fingerprint density at radius 3 is 2.39 bits per heavy atom. The summed E-state index contributed by atoms with van der Waals surface area (Å²) in [6.45, 7) is 0. The number of hydrogen-bond acceptors (Lipinski definition) is 3. The van der Waals surface area contributed by atoms with Crippen molar-refractivity contribution >= 4 is 22.5 Å². The summed E-state index contributed by atoms with van der Waals surface area (Å²) < 4.78 is 0. The Morgan fingerprint density at radius 1 is 0.893 bits per heavy atom. The number of aromatic nitrogens is 1. The van der Waals surface area contributed by atoms with Gasteiger partial charge in [-0.05, 0) is 23.8 Å². The summed E-state index contributed by atoms with van der Waals surface area (Å²) in [6, 6.07) is 23.2. The molecule has 28 heavy (non-hydrogen) atoms. The average Bonchev–Trinajstić information content (AvgIpc) is 2.74. The molecule has 0 fully saturated rings. The number of pyridine rings is 1. The molecule has 0 saturated carbocycles. The molecule has 0 radical (unpaired) electrons. The van der Waals surface area contributed by atoms with E-state index in [0.29, 0.717) is 27.7 Å². The molecule has 5 heteroatoms. The fourth-order valence-electron chi connectivity index (χ4n) is 3.19. The lowest BCUT2D eigenvalue weighted by molar-refractivity contribution is 0.102. The molecule has 1 atom stereocenters. The minimum atomic E-state index is -0.896. The molecule has 1 amide bonds. The van der Waals surface area contributed by atoms with Crippen LogP contribution < -0.4 is 10.7 Å². The maximum atomic E-state index is 12.8. The van der Waals surface area contributed by atoms with Gasteiger partial charge in [0.1, 0.15) is 11.7 Å². The molecule has 0 unspecified atom stereocenters. The first kappa shape index (κ1) is 17.7. The van der Waals surface area contributed by atoms with Crippen molar-refractivity contribution in [2.24, 2.45) is 0 Å². The number of nitrogens with one attached hydrogen (secondary N) is 2. The van der Waals surface area contributed by atoms with E-state index in [0.717, 1.165) is 0 Å². The van der Waals surface area contributed by atoms with Gasteiger partial charge in [0.25, 0.3) is 5.91 Å². The van der Waals surface area contributed by atoms with Gasteiger partial charge >= 0.3 is 0 Å². The van der Waals surface area contributed by atoms with Crippen LogP contribution in [0.3, 0.4) is 0 Å². The number of carbonyl (C=O) groups is 1. The predicted molar refractivity (Wildman–Crippen MR) is 109 cm³/mol. The lowest BCUT2D eigenvalue weighted by Crippen LogP contribution is -2.22. The van der Waals surface area contributed by atoms with Crippen molar-refractivity contribution in [3.8, 4) is 0 Å². The van der Waals surface area contributed by atoms with Crippen molar-refractivity contribution in [1.29, 1.82) is 0 Å². The van der Waals surface area contributed by atoms with Gasteiger partial charge in [-0.2, -0.15) is 0 Å². The number of hydrogen-bond donors (Lipinski definition) is 3. The van der Waals surface area contributed by atoms with Gasteiger partial charge in [-0.15, -0.1) is 0 Å². The van der Waals surface area contributed by atoms with Gasteiger partial charge < -0.3 is 15.4 Å². The number of rotatable bonds is 4. The molecule has 4 rings (SSSR count). The van der Waals surface area contributed by atoms with Crippen molar-refractivity contribution < 1.29 is 9.90 Å². The van der Waals surface area contributed by atoms with E-state index in [1.54, 1.807) is 42.5 Å². The first-order valence-corrected chi connectivity index (χ1v) is 8.89. The van der Waals surface area contributed by atoms with E-state index in [1.165, 1.54) is 6.20 Å². The third kappa shape index (κ3) is 3.31. The quantitative estimate of drug-likeness (QED) is 0.510. The number of amides is 1. The third-order valence-corrected chi connectivity index (χ3v) is 4.65. The Labute approximate surface area is 161 Å². The van der Waals surface area contributed by atoms with Crippen LogP contribution in [0.25, 0.3) is 10.9 Å². The topological polar surface area (TPSA) is 82.2 Å². The fourth-order valence-corrected chi connectivity index (χ4v) is 3.19. The molecule has 0 aliphatic carbocycles. The van der Waals surface area contributed by atoms with Crippen molar-refractivity contribution in [1.82, 2.24) is 4.98 Å². The van der Waals surface area contributed by atoms with Crippen LogP contribution in [0.15, 0.2) is 89.9 Å². The number of aromatic amines is 1. The maximum Gasteiger partial charge on any atom is 0.261 e.